The summed E-state index contributed by atoms with van der Waals surface area (Å²) in [6, 6.07) is 3.41. The predicted octanol–water partition coefficient (Wildman–Crippen LogP) is 1.86. The van der Waals surface area contributed by atoms with Gasteiger partial charge in [0.05, 0.1) is 17.7 Å². The quantitative estimate of drug-likeness (QED) is 0.720. The minimum absolute atomic E-state index is 0.0834. The van der Waals surface area contributed by atoms with Crippen molar-refractivity contribution in [3.8, 4) is 0 Å². The van der Waals surface area contributed by atoms with Crippen molar-refractivity contribution < 1.29 is 9.59 Å². The molecule has 1 amide bonds. The van der Waals surface area contributed by atoms with E-state index in [1.54, 1.807) is 23.2 Å². The Kier molecular flexibility index (Phi) is 5.24. The first kappa shape index (κ1) is 14.1. The smallest absolute Gasteiger partial charge is 0.255 e. The molecule has 18 heavy (non-hydrogen) atoms. The maximum Gasteiger partial charge on any atom is 0.255 e. The summed E-state index contributed by atoms with van der Waals surface area (Å²) in [5.74, 6) is -0.220. The van der Waals surface area contributed by atoms with Gasteiger partial charge in [-0.05, 0) is 32.1 Å². The van der Waals surface area contributed by atoms with Gasteiger partial charge >= 0.3 is 0 Å². The van der Waals surface area contributed by atoms with Crippen molar-refractivity contribution in [2.24, 2.45) is 0 Å². The van der Waals surface area contributed by atoms with Crippen molar-refractivity contribution in [2.75, 3.05) is 13.1 Å². The van der Waals surface area contributed by atoms with Crippen LogP contribution < -0.4 is 0 Å². The molecule has 0 aliphatic rings. The number of amides is 1. The van der Waals surface area contributed by atoms with Crippen LogP contribution in [0.25, 0.3) is 0 Å². The van der Waals surface area contributed by atoms with Crippen molar-refractivity contribution in [3.05, 3.63) is 42.2 Å². The van der Waals surface area contributed by atoms with E-state index in [1.807, 2.05) is 13.8 Å². The third-order valence-electron chi connectivity index (χ3n) is 2.74. The molecule has 0 saturated heterocycles. The van der Waals surface area contributed by atoms with Crippen LogP contribution in [-0.2, 0) is 11.2 Å². The molecule has 4 nitrogen and oxygen atoms in total. The summed E-state index contributed by atoms with van der Waals surface area (Å²) in [5, 5.41) is 0. The number of nitrogens with zero attached hydrogens (tertiary/aromatic N) is 2. The highest BCUT2D eigenvalue weighted by Crippen LogP contribution is 2.10. The largest absolute Gasteiger partial charge is 0.339 e. The monoisotopic (exact) mass is 246 g/mol. The Labute approximate surface area is 107 Å². The molecule has 0 aliphatic heterocycles. The van der Waals surface area contributed by atoms with Crippen LogP contribution in [0.2, 0.25) is 0 Å². The highest BCUT2D eigenvalue weighted by Gasteiger charge is 2.17. The average molecular weight is 246 g/mol. The van der Waals surface area contributed by atoms with E-state index in [1.165, 1.54) is 6.08 Å². The predicted molar refractivity (Wildman–Crippen MR) is 70.4 cm³/mol. The van der Waals surface area contributed by atoms with E-state index >= 15 is 0 Å². The van der Waals surface area contributed by atoms with Gasteiger partial charge < -0.3 is 4.90 Å². The van der Waals surface area contributed by atoms with Gasteiger partial charge in [0, 0.05) is 19.3 Å². The molecule has 1 heterocycles. The summed E-state index contributed by atoms with van der Waals surface area (Å²) in [4.78, 5) is 29.5. The van der Waals surface area contributed by atoms with Gasteiger partial charge in [-0.1, -0.05) is 6.58 Å². The lowest BCUT2D eigenvalue weighted by molar-refractivity contribution is -0.114. The van der Waals surface area contributed by atoms with Crippen molar-refractivity contribution in [2.45, 2.75) is 20.3 Å². The standard InChI is InChI=1S/C14H18N2O2/c1-4-11(17)10-13-12(8-7-9-15-13)14(18)16(5-2)6-3/h4,7-9H,1,5-6,10H2,2-3H3. The molecule has 0 atom stereocenters. The first-order valence-corrected chi connectivity index (χ1v) is 6.02. The average Bonchev–Trinajstić information content (AvgIpc) is 2.40. The van der Waals surface area contributed by atoms with Gasteiger partial charge in [-0.25, -0.2) is 0 Å². The van der Waals surface area contributed by atoms with Crippen molar-refractivity contribution in [1.82, 2.24) is 9.88 Å². The molecule has 0 bridgehead atoms. The second-order valence-electron chi connectivity index (χ2n) is 3.82. The number of rotatable bonds is 6. The number of aromatic nitrogens is 1. The number of allylic oxidation sites excluding steroid dienone is 1. The Morgan fingerprint density at radius 3 is 2.61 bits per heavy atom. The molecule has 1 rings (SSSR count). The van der Waals surface area contributed by atoms with Crippen LogP contribution in [0.4, 0.5) is 0 Å². The summed E-state index contributed by atoms with van der Waals surface area (Å²) in [7, 11) is 0. The summed E-state index contributed by atoms with van der Waals surface area (Å²) in [5.41, 5.74) is 1.01. The molecule has 0 aliphatic carbocycles. The molecular weight excluding hydrogens is 228 g/mol. The number of ketones is 1. The normalized spacial score (nSPS) is 9.89. The van der Waals surface area contributed by atoms with E-state index in [0.29, 0.717) is 24.3 Å². The van der Waals surface area contributed by atoms with E-state index in [2.05, 4.69) is 11.6 Å². The topological polar surface area (TPSA) is 50.3 Å². The molecule has 1 aromatic heterocycles. The minimum Gasteiger partial charge on any atom is -0.339 e. The lowest BCUT2D eigenvalue weighted by Gasteiger charge is -2.19. The fourth-order valence-electron chi connectivity index (χ4n) is 1.69. The number of pyridine rings is 1. The highest BCUT2D eigenvalue weighted by molar-refractivity contribution is 5.98. The van der Waals surface area contributed by atoms with Crippen LogP contribution in [0.5, 0.6) is 0 Å². The molecule has 96 valence electrons. The van der Waals surface area contributed by atoms with Crippen molar-refractivity contribution in [3.63, 3.8) is 0 Å². The Morgan fingerprint density at radius 1 is 1.39 bits per heavy atom. The number of hydrogen-bond acceptors (Lipinski definition) is 3. The second-order valence-corrected chi connectivity index (χ2v) is 3.82. The Morgan fingerprint density at radius 2 is 2.06 bits per heavy atom. The van der Waals surface area contributed by atoms with Crippen LogP contribution in [-0.4, -0.2) is 34.7 Å². The third kappa shape index (κ3) is 3.26. The van der Waals surface area contributed by atoms with Gasteiger partial charge in [0.2, 0.25) is 0 Å². The SMILES string of the molecule is C=CC(=O)Cc1ncccc1C(=O)N(CC)CC. The van der Waals surface area contributed by atoms with Crippen LogP contribution in [0.15, 0.2) is 31.0 Å². The minimum atomic E-state index is -0.137. The zero-order chi connectivity index (χ0) is 13.5. The van der Waals surface area contributed by atoms with Crippen molar-refractivity contribution >= 4 is 11.7 Å². The summed E-state index contributed by atoms with van der Waals surface area (Å²) in [6.07, 6.45) is 2.96. The van der Waals surface area contributed by atoms with Crippen molar-refractivity contribution in [1.29, 1.82) is 0 Å². The van der Waals surface area contributed by atoms with Gasteiger partial charge in [0.15, 0.2) is 5.78 Å². The lowest BCUT2D eigenvalue weighted by atomic mass is 10.1. The first-order chi connectivity index (χ1) is 8.63. The van der Waals surface area contributed by atoms with Gasteiger partial charge in [-0.15, -0.1) is 0 Å². The Balaban J connectivity index is 3.04. The molecule has 0 aromatic carbocycles. The molecule has 0 fully saturated rings. The lowest BCUT2D eigenvalue weighted by Crippen LogP contribution is -2.31. The molecule has 0 radical (unpaired) electrons. The zero-order valence-electron chi connectivity index (χ0n) is 10.8. The number of carbonyl (C=O) groups is 2. The molecule has 0 spiro atoms. The molecule has 1 aromatic rings. The van der Waals surface area contributed by atoms with E-state index in [9.17, 15) is 9.59 Å². The zero-order valence-corrected chi connectivity index (χ0v) is 10.8. The van der Waals surface area contributed by atoms with Crippen LogP contribution >= 0.6 is 0 Å². The van der Waals surface area contributed by atoms with Gasteiger partial charge in [0.1, 0.15) is 0 Å². The fourth-order valence-corrected chi connectivity index (χ4v) is 1.69. The van der Waals surface area contributed by atoms with Crippen LogP contribution in [0.1, 0.15) is 29.9 Å². The van der Waals surface area contributed by atoms with E-state index in [-0.39, 0.29) is 18.1 Å². The van der Waals surface area contributed by atoms with Gasteiger partial charge in [-0.2, -0.15) is 0 Å². The Hall–Kier alpha value is -1.97. The van der Waals surface area contributed by atoms with Crippen LogP contribution in [0, 0.1) is 0 Å². The van der Waals surface area contributed by atoms with E-state index in [4.69, 9.17) is 0 Å². The molecule has 0 N–H and O–H groups in total. The fraction of sp³-hybridized carbons (Fsp3) is 0.357. The van der Waals surface area contributed by atoms with Gasteiger partial charge in [0.25, 0.3) is 5.91 Å². The van der Waals surface area contributed by atoms with Crippen LogP contribution in [0.3, 0.4) is 0 Å². The maximum absolute atomic E-state index is 12.2. The number of hydrogen-bond donors (Lipinski definition) is 0. The van der Waals surface area contributed by atoms with Gasteiger partial charge in [-0.3, -0.25) is 14.6 Å². The molecule has 0 unspecified atom stereocenters. The molecule has 4 heteroatoms. The van der Waals surface area contributed by atoms with E-state index in [0.717, 1.165) is 0 Å². The second kappa shape index (κ2) is 6.69. The molecular formula is C14H18N2O2. The maximum atomic E-state index is 12.2. The first-order valence-electron chi connectivity index (χ1n) is 6.02. The van der Waals surface area contributed by atoms with E-state index < -0.39 is 0 Å². The Bertz CT molecular complexity index is 451. The highest BCUT2D eigenvalue weighted by atomic mass is 16.2. The number of carbonyl (C=O) groups excluding carboxylic acids is 2. The summed E-state index contributed by atoms with van der Waals surface area (Å²) < 4.78 is 0. The summed E-state index contributed by atoms with van der Waals surface area (Å²) in [6.45, 7) is 8.55. The summed E-state index contributed by atoms with van der Waals surface area (Å²) >= 11 is 0. The molecule has 0 saturated carbocycles. The third-order valence-corrected chi connectivity index (χ3v) is 2.74.